The molecule has 8 nitrogen and oxygen atoms in total. The number of pyridine rings is 1. The van der Waals surface area contributed by atoms with E-state index in [1.165, 1.54) is 6.33 Å². The molecule has 3 N–H and O–H groups in total. The van der Waals surface area contributed by atoms with Gasteiger partial charge in [0.1, 0.15) is 40.9 Å². The van der Waals surface area contributed by atoms with Crippen LogP contribution in [-0.2, 0) is 0 Å². The Bertz CT molecular complexity index is 1200. The maximum atomic E-state index is 9.38. The standard InChI is InChI=1S/C20H18N8/c1-12-5-3-6-14(9-12)28-19(27-16-7-4-8-23-20(16)28)13(2)26-18-15(10-21)17(22)24-11-25-18/h3-9,11,13H,1-2H3,(H3,22,24,25,26)/t13-/m0/s1. The summed E-state index contributed by atoms with van der Waals surface area (Å²) in [4.78, 5) is 17.3. The number of hydrogen-bond donors (Lipinski definition) is 2. The van der Waals surface area contributed by atoms with Crippen LogP contribution < -0.4 is 11.1 Å². The van der Waals surface area contributed by atoms with Crippen molar-refractivity contribution in [3.63, 3.8) is 0 Å². The van der Waals surface area contributed by atoms with E-state index in [2.05, 4.69) is 26.3 Å². The second-order valence-electron chi connectivity index (χ2n) is 6.45. The maximum absolute atomic E-state index is 9.38. The second kappa shape index (κ2) is 6.96. The third-order valence-corrected chi connectivity index (χ3v) is 4.43. The second-order valence-corrected chi connectivity index (χ2v) is 6.45. The van der Waals surface area contributed by atoms with Gasteiger partial charge in [0.2, 0.25) is 0 Å². The predicted molar refractivity (Wildman–Crippen MR) is 107 cm³/mol. The molecule has 0 saturated carbocycles. The molecule has 0 aliphatic carbocycles. The van der Waals surface area contributed by atoms with Crippen molar-refractivity contribution < 1.29 is 0 Å². The van der Waals surface area contributed by atoms with E-state index in [-0.39, 0.29) is 17.4 Å². The number of nitrogen functional groups attached to an aromatic ring is 1. The molecule has 0 amide bonds. The Morgan fingerprint density at radius 2 is 2.04 bits per heavy atom. The number of hydrogen-bond acceptors (Lipinski definition) is 7. The smallest absolute Gasteiger partial charge is 0.164 e. The van der Waals surface area contributed by atoms with E-state index in [1.807, 2.05) is 54.8 Å². The number of anilines is 2. The molecule has 1 aromatic carbocycles. The summed E-state index contributed by atoms with van der Waals surface area (Å²) in [7, 11) is 0. The van der Waals surface area contributed by atoms with Crippen molar-refractivity contribution in [3.05, 3.63) is 65.9 Å². The van der Waals surface area contributed by atoms with E-state index in [0.717, 1.165) is 28.2 Å². The van der Waals surface area contributed by atoms with Crippen molar-refractivity contribution in [3.8, 4) is 11.8 Å². The van der Waals surface area contributed by atoms with Crippen LogP contribution in [0.5, 0.6) is 0 Å². The molecule has 0 aliphatic rings. The first-order valence-electron chi connectivity index (χ1n) is 8.76. The molecule has 0 unspecified atom stereocenters. The van der Waals surface area contributed by atoms with Gasteiger partial charge in [-0.3, -0.25) is 4.57 Å². The van der Waals surface area contributed by atoms with Crippen molar-refractivity contribution in [2.75, 3.05) is 11.1 Å². The molecule has 4 rings (SSSR count). The largest absolute Gasteiger partial charge is 0.382 e. The first-order chi connectivity index (χ1) is 13.6. The number of nitrogens with two attached hydrogens (primary N) is 1. The van der Waals surface area contributed by atoms with Crippen LogP contribution in [0.25, 0.3) is 16.9 Å². The molecule has 0 fully saturated rings. The number of nitrogens with one attached hydrogen (secondary N) is 1. The lowest BCUT2D eigenvalue weighted by molar-refractivity contribution is 0.765. The van der Waals surface area contributed by atoms with Gasteiger partial charge in [0.25, 0.3) is 0 Å². The molecule has 0 radical (unpaired) electrons. The van der Waals surface area contributed by atoms with E-state index in [9.17, 15) is 5.26 Å². The molecular formula is C20H18N8. The Hall–Kier alpha value is -3.99. The third kappa shape index (κ3) is 2.99. The summed E-state index contributed by atoms with van der Waals surface area (Å²) in [6.45, 7) is 3.99. The van der Waals surface area contributed by atoms with Crippen LogP contribution in [0.4, 0.5) is 11.6 Å². The molecule has 8 heteroatoms. The quantitative estimate of drug-likeness (QED) is 0.566. The highest BCUT2D eigenvalue weighted by Gasteiger charge is 2.20. The van der Waals surface area contributed by atoms with E-state index in [0.29, 0.717) is 5.82 Å². The van der Waals surface area contributed by atoms with Gasteiger partial charge in [0.15, 0.2) is 5.65 Å². The lowest BCUT2D eigenvalue weighted by Gasteiger charge is -2.17. The van der Waals surface area contributed by atoms with Crippen molar-refractivity contribution in [1.29, 1.82) is 5.26 Å². The summed E-state index contributed by atoms with van der Waals surface area (Å²) in [5.41, 5.74) is 9.67. The number of benzene rings is 1. The fourth-order valence-corrected chi connectivity index (χ4v) is 3.13. The average Bonchev–Trinajstić information content (AvgIpc) is 3.08. The van der Waals surface area contributed by atoms with Gasteiger partial charge in [-0.2, -0.15) is 5.26 Å². The lowest BCUT2D eigenvalue weighted by atomic mass is 10.2. The maximum Gasteiger partial charge on any atom is 0.164 e. The molecule has 1 atom stereocenters. The van der Waals surface area contributed by atoms with Crippen LogP contribution in [0.1, 0.15) is 29.9 Å². The molecule has 4 aromatic rings. The fourth-order valence-electron chi connectivity index (χ4n) is 3.13. The minimum Gasteiger partial charge on any atom is -0.382 e. The van der Waals surface area contributed by atoms with Crippen LogP contribution >= 0.6 is 0 Å². The molecule has 3 aromatic heterocycles. The molecule has 0 bridgehead atoms. The number of aryl methyl sites for hydroxylation is 1. The van der Waals surface area contributed by atoms with Crippen LogP contribution in [0.2, 0.25) is 0 Å². The molecule has 28 heavy (non-hydrogen) atoms. The van der Waals surface area contributed by atoms with Crippen molar-refractivity contribution in [2.24, 2.45) is 0 Å². The minimum absolute atomic E-state index is 0.140. The first-order valence-corrected chi connectivity index (χ1v) is 8.76. The molecule has 0 spiro atoms. The van der Waals surface area contributed by atoms with Crippen LogP contribution in [0, 0.1) is 18.3 Å². The van der Waals surface area contributed by atoms with E-state index in [4.69, 9.17) is 10.7 Å². The highest BCUT2D eigenvalue weighted by Crippen LogP contribution is 2.27. The number of fused-ring (bicyclic) bond motifs is 1. The van der Waals surface area contributed by atoms with Crippen molar-refractivity contribution >= 4 is 22.8 Å². The van der Waals surface area contributed by atoms with Crippen LogP contribution in [-0.4, -0.2) is 24.5 Å². The van der Waals surface area contributed by atoms with Gasteiger partial charge < -0.3 is 11.1 Å². The Balaban J connectivity index is 1.84. The van der Waals surface area contributed by atoms with E-state index >= 15 is 0 Å². The van der Waals surface area contributed by atoms with Gasteiger partial charge in [-0.15, -0.1) is 0 Å². The van der Waals surface area contributed by atoms with Crippen LogP contribution in [0.3, 0.4) is 0 Å². The van der Waals surface area contributed by atoms with Gasteiger partial charge in [-0.1, -0.05) is 12.1 Å². The minimum atomic E-state index is -0.267. The number of nitrogens with zero attached hydrogens (tertiary/aromatic N) is 6. The van der Waals surface area contributed by atoms with Gasteiger partial charge in [-0.25, -0.2) is 19.9 Å². The van der Waals surface area contributed by atoms with Gasteiger partial charge >= 0.3 is 0 Å². The van der Waals surface area contributed by atoms with Crippen LogP contribution in [0.15, 0.2) is 48.9 Å². The Kier molecular flexibility index (Phi) is 4.33. The highest BCUT2D eigenvalue weighted by molar-refractivity contribution is 5.74. The normalized spacial score (nSPS) is 11.9. The Morgan fingerprint density at radius 3 is 2.82 bits per heavy atom. The highest BCUT2D eigenvalue weighted by atomic mass is 15.2. The first kappa shape index (κ1) is 17.4. The fraction of sp³-hybridized carbons (Fsp3) is 0.150. The summed E-state index contributed by atoms with van der Waals surface area (Å²) in [6, 6.07) is 13.7. The Morgan fingerprint density at radius 1 is 1.18 bits per heavy atom. The number of nitriles is 1. The average molecular weight is 370 g/mol. The molecule has 0 saturated heterocycles. The summed E-state index contributed by atoms with van der Waals surface area (Å²) < 4.78 is 2.01. The molecule has 0 aliphatic heterocycles. The van der Waals surface area contributed by atoms with E-state index in [1.54, 1.807) is 6.20 Å². The summed E-state index contributed by atoms with van der Waals surface area (Å²) >= 11 is 0. The summed E-state index contributed by atoms with van der Waals surface area (Å²) in [6.07, 6.45) is 3.08. The Labute approximate surface area is 161 Å². The lowest BCUT2D eigenvalue weighted by Crippen LogP contribution is -2.15. The topological polar surface area (TPSA) is 118 Å². The van der Waals surface area contributed by atoms with Gasteiger partial charge in [0, 0.05) is 11.9 Å². The SMILES string of the molecule is Cc1cccc(-n2c([C@H](C)Nc3ncnc(N)c3C#N)nc3cccnc32)c1. The molecule has 138 valence electrons. The summed E-state index contributed by atoms with van der Waals surface area (Å²) in [5.74, 6) is 1.26. The third-order valence-electron chi connectivity index (χ3n) is 4.43. The predicted octanol–water partition coefficient (Wildman–Crippen LogP) is 3.15. The van der Waals surface area contributed by atoms with Crippen molar-refractivity contribution in [1.82, 2.24) is 24.5 Å². The molecule has 3 heterocycles. The van der Waals surface area contributed by atoms with E-state index < -0.39 is 0 Å². The zero-order chi connectivity index (χ0) is 19.7. The number of aromatic nitrogens is 5. The van der Waals surface area contributed by atoms with Crippen molar-refractivity contribution in [2.45, 2.75) is 19.9 Å². The summed E-state index contributed by atoms with van der Waals surface area (Å²) in [5, 5.41) is 12.6. The zero-order valence-corrected chi connectivity index (χ0v) is 15.5. The number of rotatable bonds is 4. The van der Waals surface area contributed by atoms with Gasteiger partial charge in [0.05, 0.1) is 6.04 Å². The van der Waals surface area contributed by atoms with Gasteiger partial charge in [-0.05, 0) is 43.7 Å². The number of imidazole rings is 1. The zero-order valence-electron chi connectivity index (χ0n) is 15.5. The monoisotopic (exact) mass is 370 g/mol. The molecular weight excluding hydrogens is 352 g/mol.